The van der Waals surface area contributed by atoms with Crippen molar-refractivity contribution >= 4 is 76.5 Å². The Kier molecular flexibility index (Phi) is 9.25. The van der Waals surface area contributed by atoms with Gasteiger partial charge in [0.05, 0.1) is 16.7 Å². The van der Waals surface area contributed by atoms with Crippen molar-refractivity contribution in [1.29, 1.82) is 0 Å². The van der Waals surface area contributed by atoms with Crippen molar-refractivity contribution in [1.82, 2.24) is 0 Å². The molecule has 0 saturated heterocycles. The average molecular weight is 692 g/mol. The molecule has 0 bridgehead atoms. The molecule has 0 unspecified atom stereocenters. The number of carbonyl (C=O) groups excluding carboxylic acids is 1. The second-order valence-electron chi connectivity index (χ2n) is 13.4. The van der Waals surface area contributed by atoms with Crippen molar-refractivity contribution in [3.05, 3.63) is 76.1 Å². The number of allylic oxidation sites excluding steroid dienone is 4. The van der Waals surface area contributed by atoms with E-state index in [1.54, 1.807) is 17.4 Å². The van der Waals surface area contributed by atoms with Crippen LogP contribution < -0.4 is 4.90 Å². The van der Waals surface area contributed by atoms with Crippen LogP contribution in [0.3, 0.4) is 0 Å². The van der Waals surface area contributed by atoms with Crippen molar-refractivity contribution in [2.45, 2.75) is 82.4 Å². The Bertz CT molecular complexity index is 2050. The lowest BCUT2D eigenvalue weighted by Gasteiger charge is -2.27. The number of benzene rings is 2. The normalized spacial score (nSPS) is 17.8. The van der Waals surface area contributed by atoms with Crippen LogP contribution in [0.5, 0.6) is 0 Å². The third-order valence-corrected chi connectivity index (χ3v) is 12.6. The fourth-order valence-electron chi connectivity index (χ4n) is 7.57. The zero-order valence-corrected chi connectivity index (χ0v) is 30.2. The summed E-state index contributed by atoms with van der Waals surface area (Å²) in [5.41, 5.74) is 6.25. The van der Waals surface area contributed by atoms with Crippen LogP contribution in [0.25, 0.3) is 20.2 Å². The molecular formula is C37H43N2O5S3+. The van der Waals surface area contributed by atoms with Gasteiger partial charge in [-0.15, -0.1) is 22.7 Å². The van der Waals surface area contributed by atoms with Gasteiger partial charge in [-0.05, 0) is 79.8 Å². The molecule has 0 radical (unpaired) electrons. The molecule has 0 amide bonds. The molecule has 10 heteroatoms. The van der Waals surface area contributed by atoms with E-state index in [9.17, 15) is 17.8 Å². The summed E-state index contributed by atoms with van der Waals surface area (Å²) in [4.78, 5) is 12.8. The number of anilines is 1. The first-order valence-corrected chi connectivity index (χ1v) is 19.5. The van der Waals surface area contributed by atoms with Crippen molar-refractivity contribution in [2.24, 2.45) is 0 Å². The number of hydrogen-bond acceptors (Lipinski definition) is 7. The van der Waals surface area contributed by atoms with Gasteiger partial charge >= 0.3 is 0 Å². The third kappa shape index (κ3) is 5.87. The van der Waals surface area contributed by atoms with E-state index in [-0.39, 0.29) is 10.3 Å². The first-order chi connectivity index (χ1) is 22.4. The summed E-state index contributed by atoms with van der Waals surface area (Å²) in [5.74, 6) is 0. The van der Waals surface area contributed by atoms with Gasteiger partial charge in [-0.1, -0.05) is 33.3 Å². The van der Waals surface area contributed by atoms with Crippen molar-refractivity contribution in [3.8, 4) is 0 Å². The lowest BCUT2D eigenvalue weighted by Crippen LogP contribution is -2.28. The Morgan fingerprint density at radius 2 is 1.72 bits per heavy atom. The molecule has 248 valence electrons. The molecule has 0 spiro atoms. The molecule has 0 saturated carbocycles. The van der Waals surface area contributed by atoms with E-state index < -0.39 is 15.5 Å². The second kappa shape index (κ2) is 13.0. The van der Waals surface area contributed by atoms with Crippen LogP contribution in [-0.4, -0.2) is 49.4 Å². The monoisotopic (exact) mass is 691 g/mol. The molecule has 4 aromatic rings. The molecule has 4 heterocycles. The summed E-state index contributed by atoms with van der Waals surface area (Å²) < 4.78 is 44.6. The van der Waals surface area contributed by atoms with Crippen LogP contribution in [0.1, 0.15) is 77.8 Å². The fourth-order valence-corrected chi connectivity index (χ4v) is 10.2. The Hall–Kier alpha value is -3.31. The minimum Gasteiger partial charge on any atom is -0.468 e. The maximum atomic E-state index is 12.6. The van der Waals surface area contributed by atoms with Gasteiger partial charge in [0, 0.05) is 62.9 Å². The van der Waals surface area contributed by atoms with Crippen LogP contribution in [0, 0.1) is 0 Å². The van der Waals surface area contributed by atoms with Gasteiger partial charge in [0.25, 0.3) is 16.6 Å². The van der Waals surface area contributed by atoms with Crippen LogP contribution in [0.4, 0.5) is 11.4 Å². The SMILES string of the molecule is CCCC[N+]1=C(/C=C/C=C2/N(CCCCCOC=O)c3cc(S(=O)(=O)O)c4sccc4c3C2(C)C)C(C)(C)c2c1ccc1sccc21. The van der Waals surface area contributed by atoms with E-state index >= 15 is 0 Å². The fraction of sp³-hybridized carbons (Fsp3) is 0.405. The Labute approximate surface area is 285 Å². The standard InChI is InChI=1S/C37H42N2O5S3/c1-6-7-18-38-27-14-15-29-25(16-21-45-29)33(27)36(2,3)31(38)12-11-13-32-37(4,5)34-26-17-22-46-35(26)30(47(41,42)43)23-28(34)39(32)19-9-8-10-20-44-24-40/h11-17,21-24H,6-10,18-20H2,1-5H3/p+1. The molecule has 1 N–H and O–H groups in total. The quantitative estimate of drug-likeness (QED) is 0.0652. The van der Waals surface area contributed by atoms with Crippen molar-refractivity contribution < 1.29 is 27.1 Å². The van der Waals surface area contributed by atoms with Gasteiger partial charge in [0.1, 0.15) is 11.4 Å². The summed E-state index contributed by atoms with van der Waals surface area (Å²) in [7, 11) is -4.43. The van der Waals surface area contributed by atoms with E-state index in [0.717, 1.165) is 61.0 Å². The molecular weight excluding hydrogens is 649 g/mol. The first-order valence-electron chi connectivity index (χ1n) is 16.3. The zero-order chi connectivity index (χ0) is 33.6. The maximum Gasteiger partial charge on any atom is 0.296 e. The highest BCUT2D eigenvalue weighted by molar-refractivity contribution is 7.86. The van der Waals surface area contributed by atoms with Crippen molar-refractivity contribution in [3.63, 3.8) is 0 Å². The van der Waals surface area contributed by atoms with Crippen LogP contribution in [0.2, 0.25) is 0 Å². The minimum atomic E-state index is -4.43. The predicted molar refractivity (Wildman–Crippen MR) is 195 cm³/mol. The molecule has 0 aliphatic carbocycles. The molecule has 2 aliphatic heterocycles. The first kappa shape index (κ1) is 33.6. The van der Waals surface area contributed by atoms with E-state index in [1.165, 1.54) is 38.4 Å². The Morgan fingerprint density at radius 3 is 2.47 bits per heavy atom. The van der Waals surface area contributed by atoms with Gasteiger partial charge in [-0.2, -0.15) is 13.0 Å². The molecule has 0 fully saturated rings. The summed E-state index contributed by atoms with van der Waals surface area (Å²) in [5, 5.41) is 6.25. The minimum absolute atomic E-state index is 0.0504. The number of thiophene rings is 2. The number of rotatable bonds is 13. The summed E-state index contributed by atoms with van der Waals surface area (Å²) in [6, 6.07) is 10.4. The summed E-state index contributed by atoms with van der Waals surface area (Å²) in [6.07, 6.45) is 11.2. The number of ether oxygens (including phenoxy) is 1. The highest BCUT2D eigenvalue weighted by atomic mass is 32.2. The third-order valence-electron chi connectivity index (χ3n) is 9.72. The van der Waals surface area contributed by atoms with E-state index in [0.29, 0.717) is 24.3 Å². The molecule has 7 nitrogen and oxygen atoms in total. The molecule has 2 aliphatic rings. The smallest absolute Gasteiger partial charge is 0.296 e. The molecule has 0 atom stereocenters. The number of hydrogen-bond donors (Lipinski definition) is 1. The van der Waals surface area contributed by atoms with Crippen LogP contribution in [-0.2, 0) is 30.5 Å². The van der Waals surface area contributed by atoms with E-state index in [1.807, 2.05) is 11.4 Å². The van der Waals surface area contributed by atoms with Gasteiger partial charge in [-0.3, -0.25) is 9.35 Å². The van der Waals surface area contributed by atoms with Crippen LogP contribution in [0.15, 0.2) is 69.9 Å². The van der Waals surface area contributed by atoms with Gasteiger partial charge < -0.3 is 9.64 Å². The van der Waals surface area contributed by atoms with Crippen LogP contribution >= 0.6 is 22.7 Å². The van der Waals surface area contributed by atoms with Crippen molar-refractivity contribution in [2.75, 3.05) is 24.6 Å². The number of fused-ring (bicyclic) bond motifs is 6. The lowest BCUT2D eigenvalue weighted by molar-refractivity contribution is -0.438. The average Bonchev–Trinajstić information content (AvgIpc) is 3.77. The molecule has 2 aromatic heterocycles. The predicted octanol–water partition coefficient (Wildman–Crippen LogP) is 9.12. The van der Waals surface area contributed by atoms with E-state index in [4.69, 9.17) is 4.74 Å². The summed E-state index contributed by atoms with van der Waals surface area (Å²) >= 11 is 3.12. The van der Waals surface area contributed by atoms with Gasteiger partial charge in [0.2, 0.25) is 5.69 Å². The molecule has 47 heavy (non-hydrogen) atoms. The summed E-state index contributed by atoms with van der Waals surface area (Å²) in [6.45, 7) is 13.7. The van der Waals surface area contributed by atoms with Gasteiger partial charge in [0.15, 0.2) is 5.71 Å². The zero-order valence-electron chi connectivity index (χ0n) is 27.7. The second-order valence-corrected chi connectivity index (χ2v) is 16.7. The molecule has 6 rings (SSSR count). The molecule has 2 aromatic carbocycles. The topological polar surface area (TPSA) is 86.9 Å². The lowest BCUT2D eigenvalue weighted by atomic mass is 9.79. The number of unbranched alkanes of at least 4 members (excludes halogenated alkanes) is 3. The number of nitrogens with zero attached hydrogens (tertiary/aromatic N) is 2. The maximum absolute atomic E-state index is 12.6. The Morgan fingerprint density at radius 1 is 0.957 bits per heavy atom. The highest BCUT2D eigenvalue weighted by Gasteiger charge is 2.46. The number of carbonyl (C=O) groups is 1. The highest BCUT2D eigenvalue weighted by Crippen LogP contribution is 2.53. The van der Waals surface area contributed by atoms with E-state index in [2.05, 4.69) is 85.9 Å². The Balaban J connectivity index is 1.44. The largest absolute Gasteiger partial charge is 0.468 e. The van der Waals surface area contributed by atoms with Gasteiger partial charge in [-0.25, -0.2) is 0 Å².